The van der Waals surface area contributed by atoms with Gasteiger partial charge in [-0.25, -0.2) is 12.7 Å². The Morgan fingerprint density at radius 2 is 1.91 bits per heavy atom. The molecule has 1 amide bonds. The van der Waals surface area contributed by atoms with Crippen LogP contribution in [0.2, 0.25) is 0 Å². The van der Waals surface area contributed by atoms with Crippen molar-refractivity contribution >= 4 is 44.3 Å². The first-order valence-electron chi connectivity index (χ1n) is 10.2. The quantitative estimate of drug-likeness (QED) is 0.323. The molecule has 0 unspecified atom stereocenters. The van der Waals surface area contributed by atoms with Crippen molar-refractivity contribution in [2.75, 3.05) is 30.5 Å². The van der Waals surface area contributed by atoms with Gasteiger partial charge in [-0.1, -0.05) is 17.8 Å². The number of hydrogen-bond donors (Lipinski definition) is 0. The molecule has 0 saturated heterocycles. The molecule has 3 heterocycles. The number of hydrogen-bond acceptors (Lipinski definition) is 10. The summed E-state index contributed by atoms with van der Waals surface area (Å²) in [5, 5.41) is 9.85. The van der Waals surface area contributed by atoms with E-state index in [4.69, 9.17) is 9.47 Å². The van der Waals surface area contributed by atoms with Crippen LogP contribution in [0.15, 0.2) is 53.8 Å². The van der Waals surface area contributed by atoms with Crippen molar-refractivity contribution in [1.29, 1.82) is 0 Å². The standard InChI is InChI=1S/C22H22N6O5S2/c1-27-20(15-7-8-16-14(12-15)6-5-11-23-16)25-26-22(27)34-13-19(29)28(35(4,30)31)17-9-10-18(32-2)24-21(17)33-3/h5-12H,13H2,1-4H3. The second-order valence-corrected chi connectivity index (χ2v) is 10.1. The fraction of sp³-hybridized carbons (Fsp3) is 0.227. The monoisotopic (exact) mass is 514 g/mol. The zero-order valence-electron chi connectivity index (χ0n) is 19.4. The average Bonchev–Trinajstić information content (AvgIpc) is 3.22. The lowest BCUT2D eigenvalue weighted by Crippen LogP contribution is -2.37. The van der Waals surface area contributed by atoms with Crippen molar-refractivity contribution in [2.45, 2.75) is 5.16 Å². The van der Waals surface area contributed by atoms with E-state index in [9.17, 15) is 13.2 Å². The van der Waals surface area contributed by atoms with Crippen LogP contribution in [0.4, 0.5) is 5.69 Å². The molecule has 0 N–H and O–H groups in total. The van der Waals surface area contributed by atoms with Gasteiger partial charge in [0.2, 0.25) is 21.8 Å². The molecule has 35 heavy (non-hydrogen) atoms. The molecule has 0 spiro atoms. The third-order valence-electron chi connectivity index (χ3n) is 5.01. The molecule has 11 nitrogen and oxygen atoms in total. The van der Waals surface area contributed by atoms with E-state index in [0.29, 0.717) is 15.3 Å². The Morgan fingerprint density at radius 1 is 1.11 bits per heavy atom. The van der Waals surface area contributed by atoms with Crippen LogP contribution in [-0.2, 0) is 21.9 Å². The van der Waals surface area contributed by atoms with E-state index in [-0.39, 0.29) is 23.2 Å². The molecule has 4 aromatic rings. The van der Waals surface area contributed by atoms with Gasteiger partial charge in [-0.05, 0) is 30.3 Å². The molecule has 13 heteroatoms. The van der Waals surface area contributed by atoms with Crippen LogP contribution in [0.25, 0.3) is 22.3 Å². The molecule has 0 fully saturated rings. The van der Waals surface area contributed by atoms with Gasteiger partial charge in [-0.15, -0.1) is 10.2 Å². The highest BCUT2D eigenvalue weighted by Crippen LogP contribution is 2.32. The largest absolute Gasteiger partial charge is 0.481 e. The number of nitrogens with zero attached hydrogens (tertiary/aromatic N) is 6. The summed E-state index contributed by atoms with van der Waals surface area (Å²) in [5.74, 6) is -0.136. The molecule has 0 aliphatic carbocycles. The Hall–Kier alpha value is -3.71. The lowest BCUT2D eigenvalue weighted by Gasteiger charge is -2.21. The number of amides is 1. The number of carbonyl (C=O) groups is 1. The first-order valence-corrected chi connectivity index (χ1v) is 13.1. The van der Waals surface area contributed by atoms with Crippen molar-refractivity contribution in [3.05, 3.63) is 48.7 Å². The van der Waals surface area contributed by atoms with E-state index in [0.717, 1.165) is 34.5 Å². The first kappa shape index (κ1) is 24.4. The highest BCUT2D eigenvalue weighted by molar-refractivity contribution is 8.00. The van der Waals surface area contributed by atoms with Gasteiger partial charge in [0.25, 0.3) is 5.91 Å². The predicted molar refractivity (Wildman–Crippen MR) is 132 cm³/mol. The zero-order chi connectivity index (χ0) is 25.2. The molecule has 0 bridgehead atoms. The number of fused-ring (bicyclic) bond motifs is 1. The molecule has 0 aliphatic rings. The highest BCUT2D eigenvalue weighted by Gasteiger charge is 2.29. The second-order valence-electron chi connectivity index (χ2n) is 7.37. The minimum atomic E-state index is -3.98. The van der Waals surface area contributed by atoms with E-state index in [1.807, 2.05) is 30.3 Å². The summed E-state index contributed by atoms with van der Waals surface area (Å²) >= 11 is 1.07. The molecule has 1 aromatic carbocycles. The van der Waals surface area contributed by atoms with E-state index in [1.165, 1.54) is 26.4 Å². The number of benzene rings is 1. The van der Waals surface area contributed by atoms with Crippen LogP contribution < -0.4 is 13.8 Å². The maximum absolute atomic E-state index is 13.1. The molecule has 0 aliphatic heterocycles. The minimum Gasteiger partial charge on any atom is -0.481 e. The minimum absolute atomic E-state index is 0.00942. The summed E-state index contributed by atoms with van der Waals surface area (Å²) in [5.41, 5.74) is 1.69. The molecule has 0 radical (unpaired) electrons. The van der Waals surface area contributed by atoms with Gasteiger partial charge in [-0.3, -0.25) is 9.78 Å². The number of pyridine rings is 2. The number of rotatable bonds is 8. The zero-order valence-corrected chi connectivity index (χ0v) is 21.0. The lowest BCUT2D eigenvalue weighted by molar-refractivity contribution is -0.115. The summed E-state index contributed by atoms with van der Waals surface area (Å²) in [6, 6.07) is 12.4. The second kappa shape index (κ2) is 9.88. The van der Waals surface area contributed by atoms with Gasteiger partial charge in [0.1, 0.15) is 5.69 Å². The van der Waals surface area contributed by atoms with Gasteiger partial charge in [-0.2, -0.15) is 4.98 Å². The molecular formula is C22H22N6O5S2. The van der Waals surface area contributed by atoms with Crippen LogP contribution in [0.1, 0.15) is 0 Å². The highest BCUT2D eigenvalue weighted by atomic mass is 32.2. The number of carbonyl (C=O) groups excluding carboxylic acids is 1. The number of methoxy groups -OCH3 is 2. The maximum atomic E-state index is 13.1. The Bertz CT molecular complexity index is 1510. The fourth-order valence-corrected chi connectivity index (χ4v) is 5.20. The van der Waals surface area contributed by atoms with Crippen LogP contribution in [0, 0.1) is 0 Å². The van der Waals surface area contributed by atoms with Crippen LogP contribution in [0.5, 0.6) is 11.8 Å². The Labute approximate surface area is 206 Å². The maximum Gasteiger partial charge on any atom is 0.251 e. The fourth-order valence-electron chi connectivity index (χ4n) is 3.42. The smallest absolute Gasteiger partial charge is 0.251 e. The SMILES string of the molecule is COc1ccc(N(C(=O)CSc2nnc(-c3ccc4ncccc4c3)n2C)S(C)(=O)=O)c(OC)n1. The Balaban J connectivity index is 1.58. The Kier molecular flexibility index (Phi) is 6.89. The third kappa shape index (κ3) is 5.05. The van der Waals surface area contributed by atoms with Crippen LogP contribution in [-0.4, -0.2) is 65.3 Å². The van der Waals surface area contributed by atoms with Crippen molar-refractivity contribution in [3.8, 4) is 23.1 Å². The summed E-state index contributed by atoms with van der Waals surface area (Å²) in [7, 11) is 0.543. The topological polar surface area (TPSA) is 129 Å². The van der Waals surface area contributed by atoms with Gasteiger partial charge in [0.15, 0.2) is 11.0 Å². The van der Waals surface area contributed by atoms with Gasteiger partial charge >= 0.3 is 0 Å². The summed E-state index contributed by atoms with van der Waals surface area (Å²) in [4.78, 5) is 21.5. The average molecular weight is 515 g/mol. The van der Waals surface area contributed by atoms with Crippen molar-refractivity contribution in [2.24, 2.45) is 7.05 Å². The van der Waals surface area contributed by atoms with E-state index >= 15 is 0 Å². The van der Waals surface area contributed by atoms with Gasteiger partial charge in [0.05, 0.1) is 31.7 Å². The van der Waals surface area contributed by atoms with Crippen molar-refractivity contribution < 1.29 is 22.7 Å². The molecule has 4 rings (SSSR count). The predicted octanol–water partition coefficient (Wildman–Crippen LogP) is 2.53. The van der Waals surface area contributed by atoms with Crippen LogP contribution >= 0.6 is 11.8 Å². The van der Waals surface area contributed by atoms with Crippen molar-refractivity contribution in [1.82, 2.24) is 24.7 Å². The number of ether oxygens (including phenoxy) is 2. The van der Waals surface area contributed by atoms with E-state index < -0.39 is 15.9 Å². The molecule has 0 saturated carbocycles. The Morgan fingerprint density at radius 3 is 2.63 bits per heavy atom. The number of anilines is 1. The number of aromatic nitrogens is 5. The van der Waals surface area contributed by atoms with Crippen molar-refractivity contribution in [3.63, 3.8) is 0 Å². The van der Waals surface area contributed by atoms with Crippen LogP contribution in [0.3, 0.4) is 0 Å². The van der Waals surface area contributed by atoms with Gasteiger partial charge in [0, 0.05) is 30.3 Å². The third-order valence-corrected chi connectivity index (χ3v) is 7.08. The molecule has 182 valence electrons. The molecule has 3 aromatic heterocycles. The summed E-state index contributed by atoms with van der Waals surface area (Å²) < 4.78 is 37.7. The number of thioether (sulfide) groups is 1. The number of sulfonamides is 1. The first-order chi connectivity index (χ1) is 16.7. The van der Waals surface area contributed by atoms with E-state index in [1.54, 1.807) is 17.8 Å². The summed E-state index contributed by atoms with van der Waals surface area (Å²) in [6.07, 6.45) is 2.67. The molecular weight excluding hydrogens is 492 g/mol. The van der Waals surface area contributed by atoms with Gasteiger partial charge < -0.3 is 14.0 Å². The van der Waals surface area contributed by atoms with E-state index in [2.05, 4.69) is 20.2 Å². The lowest BCUT2D eigenvalue weighted by atomic mass is 10.1. The summed E-state index contributed by atoms with van der Waals surface area (Å²) in [6.45, 7) is 0. The normalized spacial score (nSPS) is 11.4. The molecule has 0 atom stereocenters.